The Bertz CT molecular complexity index is 335. The lowest BCUT2D eigenvalue weighted by Gasteiger charge is -2.41. The summed E-state index contributed by atoms with van der Waals surface area (Å²) in [6.45, 7) is 4.45. The minimum atomic E-state index is 0.514. The summed E-state index contributed by atoms with van der Waals surface area (Å²) in [4.78, 5) is 10.9. The summed E-state index contributed by atoms with van der Waals surface area (Å²) in [5.41, 5.74) is 0.746. The van der Waals surface area contributed by atoms with Gasteiger partial charge in [-0.2, -0.15) is 0 Å². The average Bonchev–Trinajstić information content (AvgIpc) is 2.65. The highest BCUT2D eigenvalue weighted by molar-refractivity contribution is 5.72. The molecule has 0 N–H and O–H groups in total. The van der Waals surface area contributed by atoms with Gasteiger partial charge in [-0.1, -0.05) is 0 Å². The van der Waals surface area contributed by atoms with Gasteiger partial charge in [-0.25, -0.2) is 0 Å². The monoisotopic (exact) mass is 206 g/mol. The van der Waals surface area contributed by atoms with E-state index in [2.05, 4.69) is 18.9 Å². The fourth-order valence-electron chi connectivity index (χ4n) is 2.52. The standard InChI is InChI=1S/C12H18N2O/c1-10-5-3-6-11(2)14(10)13-8-4-7-12(13)9-15/h4,7-11H,3,5-6H2,1-2H3. The molecule has 0 amide bonds. The van der Waals surface area contributed by atoms with Crippen LogP contribution in [-0.2, 0) is 0 Å². The Morgan fingerprint density at radius 2 is 2.00 bits per heavy atom. The SMILES string of the molecule is CC1CCCC(C)N1n1cccc1C=O. The molecule has 0 bridgehead atoms. The third kappa shape index (κ3) is 1.78. The van der Waals surface area contributed by atoms with Crippen molar-refractivity contribution < 1.29 is 4.79 Å². The third-order valence-electron chi connectivity index (χ3n) is 3.28. The highest BCUT2D eigenvalue weighted by Gasteiger charge is 2.25. The van der Waals surface area contributed by atoms with Gasteiger partial charge >= 0.3 is 0 Å². The van der Waals surface area contributed by atoms with Crippen molar-refractivity contribution in [2.24, 2.45) is 0 Å². The van der Waals surface area contributed by atoms with Gasteiger partial charge in [-0.3, -0.25) is 9.47 Å². The minimum Gasteiger partial charge on any atom is -0.307 e. The summed E-state index contributed by atoms with van der Waals surface area (Å²) in [5.74, 6) is 0. The van der Waals surface area contributed by atoms with Crippen LogP contribution in [0.5, 0.6) is 0 Å². The molecule has 3 heteroatoms. The number of nitrogens with zero attached hydrogens (tertiary/aromatic N) is 2. The molecule has 1 aliphatic rings. The van der Waals surface area contributed by atoms with Crippen LogP contribution in [0.15, 0.2) is 18.3 Å². The van der Waals surface area contributed by atoms with E-state index >= 15 is 0 Å². The van der Waals surface area contributed by atoms with E-state index in [1.165, 1.54) is 19.3 Å². The molecule has 0 radical (unpaired) electrons. The van der Waals surface area contributed by atoms with Crippen LogP contribution >= 0.6 is 0 Å². The highest BCUT2D eigenvalue weighted by atomic mass is 16.1. The number of carbonyl (C=O) groups is 1. The van der Waals surface area contributed by atoms with E-state index in [4.69, 9.17) is 0 Å². The number of piperidine rings is 1. The van der Waals surface area contributed by atoms with E-state index in [1.807, 2.05) is 23.0 Å². The van der Waals surface area contributed by atoms with Crippen LogP contribution in [0.4, 0.5) is 0 Å². The fraction of sp³-hybridized carbons (Fsp3) is 0.583. The molecule has 2 rings (SSSR count). The Kier molecular flexibility index (Phi) is 2.80. The lowest BCUT2D eigenvalue weighted by Crippen LogP contribution is -2.51. The van der Waals surface area contributed by atoms with Crippen LogP contribution in [0.3, 0.4) is 0 Å². The zero-order valence-corrected chi connectivity index (χ0v) is 9.39. The number of hydrogen-bond acceptors (Lipinski definition) is 2. The normalized spacial score (nSPS) is 26.7. The molecule has 1 aliphatic heterocycles. The third-order valence-corrected chi connectivity index (χ3v) is 3.28. The van der Waals surface area contributed by atoms with Gasteiger partial charge in [0.2, 0.25) is 0 Å². The molecular formula is C12H18N2O. The zero-order valence-electron chi connectivity index (χ0n) is 9.39. The van der Waals surface area contributed by atoms with Crippen LogP contribution < -0.4 is 5.01 Å². The first-order valence-corrected chi connectivity index (χ1v) is 5.65. The molecule has 82 valence electrons. The minimum absolute atomic E-state index is 0.514. The van der Waals surface area contributed by atoms with Crippen molar-refractivity contribution in [1.82, 2.24) is 4.68 Å². The van der Waals surface area contributed by atoms with Crippen molar-refractivity contribution in [3.05, 3.63) is 24.0 Å². The fourth-order valence-corrected chi connectivity index (χ4v) is 2.52. The first-order chi connectivity index (χ1) is 7.24. The van der Waals surface area contributed by atoms with E-state index in [-0.39, 0.29) is 0 Å². The van der Waals surface area contributed by atoms with Gasteiger partial charge in [0.05, 0.1) is 0 Å². The Balaban J connectivity index is 2.31. The topological polar surface area (TPSA) is 25.2 Å². The van der Waals surface area contributed by atoms with E-state index in [9.17, 15) is 4.79 Å². The molecule has 1 aromatic heterocycles. The maximum Gasteiger partial charge on any atom is 0.168 e. The van der Waals surface area contributed by atoms with E-state index in [0.29, 0.717) is 12.1 Å². The van der Waals surface area contributed by atoms with E-state index < -0.39 is 0 Å². The summed E-state index contributed by atoms with van der Waals surface area (Å²) in [7, 11) is 0. The van der Waals surface area contributed by atoms with E-state index in [0.717, 1.165) is 12.0 Å². The smallest absolute Gasteiger partial charge is 0.168 e. The van der Waals surface area contributed by atoms with Gasteiger partial charge in [0.25, 0.3) is 0 Å². The Morgan fingerprint density at radius 3 is 2.60 bits per heavy atom. The summed E-state index contributed by atoms with van der Waals surface area (Å²) >= 11 is 0. The maximum atomic E-state index is 10.9. The zero-order chi connectivity index (χ0) is 10.8. The van der Waals surface area contributed by atoms with E-state index in [1.54, 1.807) is 0 Å². The maximum absolute atomic E-state index is 10.9. The first kappa shape index (κ1) is 10.3. The summed E-state index contributed by atoms with van der Waals surface area (Å²) < 4.78 is 2.00. The average molecular weight is 206 g/mol. The highest BCUT2D eigenvalue weighted by Crippen LogP contribution is 2.22. The van der Waals surface area contributed by atoms with Crippen molar-refractivity contribution in [2.75, 3.05) is 5.01 Å². The molecule has 0 spiro atoms. The Morgan fingerprint density at radius 1 is 1.33 bits per heavy atom. The lowest BCUT2D eigenvalue weighted by molar-refractivity contribution is 0.111. The predicted octanol–water partition coefficient (Wildman–Crippen LogP) is 2.20. The number of rotatable bonds is 2. The lowest BCUT2D eigenvalue weighted by atomic mass is 10.00. The number of aromatic nitrogens is 1. The van der Waals surface area contributed by atoms with Gasteiger partial charge in [0.1, 0.15) is 5.69 Å². The van der Waals surface area contributed by atoms with Crippen LogP contribution in [-0.4, -0.2) is 23.0 Å². The summed E-state index contributed by atoms with van der Waals surface area (Å²) in [6, 6.07) is 4.82. The van der Waals surface area contributed by atoms with Gasteiger partial charge < -0.3 is 5.01 Å². The van der Waals surface area contributed by atoms with Crippen molar-refractivity contribution in [3.63, 3.8) is 0 Å². The molecule has 2 heterocycles. The molecule has 0 saturated carbocycles. The number of hydrogen-bond donors (Lipinski definition) is 0. The summed E-state index contributed by atoms with van der Waals surface area (Å²) in [5, 5.41) is 2.31. The quantitative estimate of drug-likeness (QED) is 0.693. The van der Waals surface area contributed by atoms with Gasteiger partial charge in [0, 0.05) is 18.3 Å². The van der Waals surface area contributed by atoms with Crippen LogP contribution in [0.1, 0.15) is 43.6 Å². The van der Waals surface area contributed by atoms with Crippen LogP contribution in [0.2, 0.25) is 0 Å². The largest absolute Gasteiger partial charge is 0.307 e. The van der Waals surface area contributed by atoms with Crippen molar-refractivity contribution in [1.29, 1.82) is 0 Å². The van der Waals surface area contributed by atoms with Crippen molar-refractivity contribution >= 4 is 6.29 Å². The number of aldehydes is 1. The second kappa shape index (κ2) is 4.09. The second-order valence-electron chi connectivity index (χ2n) is 4.40. The summed E-state index contributed by atoms with van der Waals surface area (Å²) in [6.07, 6.45) is 6.61. The molecule has 2 unspecified atom stereocenters. The van der Waals surface area contributed by atoms with Crippen molar-refractivity contribution in [2.45, 2.75) is 45.2 Å². The van der Waals surface area contributed by atoms with Gasteiger partial charge in [0.15, 0.2) is 6.29 Å². The molecule has 3 nitrogen and oxygen atoms in total. The van der Waals surface area contributed by atoms with Crippen molar-refractivity contribution in [3.8, 4) is 0 Å². The second-order valence-corrected chi connectivity index (χ2v) is 4.40. The molecule has 1 fully saturated rings. The molecule has 15 heavy (non-hydrogen) atoms. The number of carbonyl (C=O) groups excluding carboxylic acids is 1. The van der Waals surface area contributed by atoms with Gasteiger partial charge in [-0.05, 0) is 45.2 Å². The first-order valence-electron chi connectivity index (χ1n) is 5.65. The van der Waals surface area contributed by atoms with Crippen LogP contribution in [0.25, 0.3) is 0 Å². The van der Waals surface area contributed by atoms with Crippen LogP contribution in [0, 0.1) is 0 Å². The molecular weight excluding hydrogens is 188 g/mol. The van der Waals surface area contributed by atoms with Gasteiger partial charge in [-0.15, -0.1) is 0 Å². The Hall–Kier alpha value is -1.25. The molecule has 0 aliphatic carbocycles. The Labute approximate surface area is 90.7 Å². The molecule has 2 atom stereocenters. The molecule has 1 saturated heterocycles. The predicted molar refractivity (Wildman–Crippen MR) is 60.8 cm³/mol. The molecule has 0 aromatic carbocycles. The molecule has 1 aromatic rings.